The number of hydrogen-bond acceptors (Lipinski definition) is 8. The number of fused-ring (bicyclic) bond motifs is 3. The van der Waals surface area contributed by atoms with Gasteiger partial charge in [-0.2, -0.15) is 23.1 Å². The first-order chi connectivity index (χ1) is 23.9. The third-order valence-corrected chi connectivity index (χ3v) is 11.3. The van der Waals surface area contributed by atoms with Gasteiger partial charge in [-0.15, -0.1) is 11.3 Å². The number of thiophene rings is 1. The molecule has 0 bridgehead atoms. The van der Waals surface area contributed by atoms with Gasteiger partial charge in [0.25, 0.3) is 0 Å². The molecule has 2 aromatic carbocycles. The van der Waals surface area contributed by atoms with Crippen molar-refractivity contribution in [3.63, 3.8) is 0 Å². The van der Waals surface area contributed by atoms with Crippen LogP contribution in [0.1, 0.15) is 38.2 Å². The van der Waals surface area contributed by atoms with Crippen LogP contribution in [0, 0.1) is 12.4 Å². The maximum Gasteiger partial charge on any atom is 0.417 e. The van der Waals surface area contributed by atoms with Gasteiger partial charge in [0.05, 0.1) is 45.5 Å². The molecular formula is C35H34F5N7O2S. The molecule has 0 aliphatic carbocycles. The standard InChI is InChI=1S/C35H34F5N7O2S/c1-4-27(48)45-16-24(37)26(17-45)47(5-2)32-21-14-22(35(38,39)40)20(19-8-9-23(36)30-28(19)29(42-3)31(41)50-30)15-25(21)43-33(44-32)49-18-34-10-6-12-46(34)13-7-11-34/h4,8-9,14-15,24,26H,1,5-7,10-13,16-18,41H2,2H3/t24-,26+/m1/s1. The summed E-state index contributed by atoms with van der Waals surface area (Å²) in [5, 5.41) is -0.0395. The summed E-state index contributed by atoms with van der Waals surface area (Å²) >= 11 is 0.793. The van der Waals surface area contributed by atoms with E-state index < -0.39 is 35.7 Å². The molecule has 2 N–H and O–H groups in total. The van der Waals surface area contributed by atoms with Gasteiger partial charge in [-0.05, 0) is 81.1 Å². The molecule has 3 aliphatic rings. The number of hydrogen-bond donors (Lipinski definition) is 1. The van der Waals surface area contributed by atoms with Gasteiger partial charge in [-0.3, -0.25) is 9.69 Å². The van der Waals surface area contributed by atoms with Crippen molar-refractivity contribution in [2.45, 2.75) is 56.5 Å². The van der Waals surface area contributed by atoms with Crippen molar-refractivity contribution in [2.75, 3.05) is 50.0 Å². The Morgan fingerprint density at radius 1 is 1.22 bits per heavy atom. The lowest BCUT2D eigenvalue weighted by Crippen LogP contribution is -2.44. The predicted molar refractivity (Wildman–Crippen MR) is 183 cm³/mol. The molecule has 15 heteroatoms. The highest BCUT2D eigenvalue weighted by Crippen LogP contribution is 2.50. The van der Waals surface area contributed by atoms with E-state index in [1.807, 2.05) is 0 Å². The van der Waals surface area contributed by atoms with Gasteiger partial charge in [-0.25, -0.2) is 13.6 Å². The van der Waals surface area contributed by atoms with E-state index in [1.54, 1.807) is 11.8 Å². The first-order valence-corrected chi connectivity index (χ1v) is 17.2. The van der Waals surface area contributed by atoms with Crippen LogP contribution in [0.15, 0.2) is 36.9 Å². The number of carbonyl (C=O) groups excluding carboxylic acids is 1. The van der Waals surface area contributed by atoms with Crippen LogP contribution in [-0.2, 0) is 11.0 Å². The third-order valence-electron chi connectivity index (χ3n) is 10.3. The van der Waals surface area contributed by atoms with Crippen molar-refractivity contribution in [1.82, 2.24) is 19.8 Å². The maximum atomic E-state index is 15.7. The molecule has 0 spiro atoms. The fourth-order valence-electron chi connectivity index (χ4n) is 7.94. The second-order valence-electron chi connectivity index (χ2n) is 13.0. The van der Waals surface area contributed by atoms with Crippen molar-refractivity contribution in [2.24, 2.45) is 0 Å². The third kappa shape index (κ3) is 5.58. The Morgan fingerprint density at radius 3 is 2.62 bits per heavy atom. The van der Waals surface area contributed by atoms with Crippen LogP contribution in [0.25, 0.3) is 37.0 Å². The van der Waals surface area contributed by atoms with Gasteiger partial charge in [0, 0.05) is 23.9 Å². The quantitative estimate of drug-likeness (QED) is 0.116. The molecule has 7 rings (SSSR count). The van der Waals surface area contributed by atoms with E-state index in [0.717, 1.165) is 68.3 Å². The Kier molecular flexibility index (Phi) is 8.58. The molecule has 4 aromatic rings. The number of nitrogens with two attached hydrogens (primary N) is 1. The topological polar surface area (TPSA) is 92.2 Å². The van der Waals surface area contributed by atoms with E-state index in [9.17, 15) is 9.18 Å². The van der Waals surface area contributed by atoms with E-state index >= 15 is 17.6 Å². The average molecular weight is 712 g/mol. The zero-order valence-corrected chi connectivity index (χ0v) is 28.0. The summed E-state index contributed by atoms with van der Waals surface area (Å²) in [7, 11) is 0. The zero-order valence-electron chi connectivity index (χ0n) is 27.2. The Hall–Kier alpha value is -4.55. The number of nitrogen functional groups attached to an aromatic ring is 1. The largest absolute Gasteiger partial charge is 0.461 e. The first kappa shape index (κ1) is 33.9. The maximum absolute atomic E-state index is 15.7. The molecular weight excluding hydrogens is 677 g/mol. The Bertz CT molecular complexity index is 2050. The van der Waals surface area contributed by atoms with Crippen LogP contribution in [0.5, 0.6) is 6.01 Å². The number of amides is 1. The lowest BCUT2D eigenvalue weighted by molar-refractivity contribution is -0.137. The fourth-order valence-corrected chi connectivity index (χ4v) is 8.88. The van der Waals surface area contributed by atoms with E-state index in [2.05, 4.69) is 26.3 Å². The molecule has 3 aliphatic heterocycles. The highest BCUT2D eigenvalue weighted by Gasteiger charge is 2.45. The summed E-state index contributed by atoms with van der Waals surface area (Å²) in [5.74, 6) is -1.14. The van der Waals surface area contributed by atoms with E-state index in [1.165, 1.54) is 17.0 Å². The zero-order chi connectivity index (χ0) is 35.5. The predicted octanol–water partition coefficient (Wildman–Crippen LogP) is 7.37. The van der Waals surface area contributed by atoms with Gasteiger partial charge in [0.1, 0.15) is 24.4 Å². The second-order valence-corrected chi connectivity index (χ2v) is 14.0. The molecule has 0 saturated carbocycles. The lowest BCUT2D eigenvalue weighted by atomic mass is 9.94. The molecule has 3 saturated heterocycles. The highest BCUT2D eigenvalue weighted by atomic mass is 32.1. The van der Waals surface area contributed by atoms with Crippen LogP contribution >= 0.6 is 11.3 Å². The molecule has 2 atom stereocenters. The minimum Gasteiger partial charge on any atom is -0.461 e. The number of benzene rings is 2. The number of likely N-dealkylation sites (N-methyl/N-ethyl adjacent to an activating group) is 1. The normalized spacial score (nSPS) is 20.4. The fraction of sp³-hybridized carbons (Fsp3) is 0.429. The molecule has 5 heterocycles. The Morgan fingerprint density at radius 2 is 1.96 bits per heavy atom. The van der Waals surface area contributed by atoms with Gasteiger partial charge in [0.15, 0.2) is 0 Å². The number of carbonyl (C=O) groups is 1. The van der Waals surface area contributed by atoms with Gasteiger partial charge in [0.2, 0.25) is 11.6 Å². The van der Waals surface area contributed by atoms with E-state index in [-0.39, 0.29) is 86.4 Å². The summed E-state index contributed by atoms with van der Waals surface area (Å²) < 4.78 is 81.9. The van der Waals surface area contributed by atoms with Crippen LogP contribution in [0.2, 0.25) is 0 Å². The Labute approximate surface area is 288 Å². The Balaban J connectivity index is 1.44. The molecule has 50 heavy (non-hydrogen) atoms. The number of aromatic nitrogens is 2. The molecule has 1 amide bonds. The van der Waals surface area contributed by atoms with Crippen molar-refractivity contribution in [1.29, 1.82) is 0 Å². The van der Waals surface area contributed by atoms with Crippen molar-refractivity contribution < 1.29 is 31.5 Å². The molecule has 3 fully saturated rings. The second kappa shape index (κ2) is 12.6. The number of ether oxygens (including phenoxy) is 1. The molecule has 0 radical (unpaired) electrons. The first-order valence-electron chi connectivity index (χ1n) is 16.4. The van der Waals surface area contributed by atoms with E-state index in [0.29, 0.717) is 0 Å². The minimum absolute atomic E-state index is 0.00825. The summed E-state index contributed by atoms with van der Waals surface area (Å²) in [6, 6.07) is 3.41. The smallest absolute Gasteiger partial charge is 0.417 e. The van der Waals surface area contributed by atoms with Crippen LogP contribution < -0.4 is 15.4 Å². The van der Waals surface area contributed by atoms with Crippen LogP contribution in [-0.4, -0.2) is 82.8 Å². The summed E-state index contributed by atoms with van der Waals surface area (Å²) in [5.41, 5.74) is 4.33. The minimum atomic E-state index is -4.91. The number of likely N-dealkylation sites (tertiary alicyclic amines) is 1. The van der Waals surface area contributed by atoms with Gasteiger partial charge in [-0.1, -0.05) is 12.6 Å². The molecule has 9 nitrogen and oxygen atoms in total. The van der Waals surface area contributed by atoms with E-state index in [4.69, 9.17) is 17.0 Å². The number of anilines is 2. The van der Waals surface area contributed by atoms with Crippen molar-refractivity contribution in [3.8, 4) is 17.1 Å². The van der Waals surface area contributed by atoms with Crippen molar-refractivity contribution in [3.05, 3.63) is 59.7 Å². The van der Waals surface area contributed by atoms with Crippen LogP contribution in [0.4, 0.5) is 38.5 Å². The summed E-state index contributed by atoms with van der Waals surface area (Å²) in [6.45, 7) is 15.0. The molecule has 262 valence electrons. The average Bonchev–Trinajstić information content (AvgIpc) is 3.85. The number of halogens is 5. The highest BCUT2D eigenvalue weighted by molar-refractivity contribution is 7.23. The number of rotatable bonds is 8. The molecule has 0 unspecified atom stereocenters. The SMILES string of the molecule is [C-]#[N+]c1c(N)sc2c(F)ccc(-c3cc4nc(OCC56CCCN5CCC6)nc(N(CC)[C@H]5CN(C(=O)C=C)C[C@H]5F)c4cc3C(F)(F)F)c12. The van der Waals surface area contributed by atoms with Gasteiger partial charge < -0.3 is 20.3 Å². The molecule has 2 aromatic heterocycles. The summed E-state index contributed by atoms with van der Waals surface area (Å²) in [4.78, 5) is 30.3. The van der Waals surface area contributed by atoms with Crippen LogP contribution in [0.3, 0.4) is 0 Å². The summed E-state index contributed by atoms with van der Waals surface area (Å²) in [6.07, 6.45) is -1.44. The van der Waals surface area contributed by atoms with Crippen molar-refractivity contribution >= 4 is 54.7 Å². The number of alkyl halides is 4. The monoisotopic (exact) mass is 711 g/mol. The van der Waals surface area contributed by atoms with Gasteiger partial charge >= 0.3 is 12.2 Å². The lowest BCUT2D eigenvalue weighted by Gasteiger charge is -2.32. The number of nitrogens with zero attached hydrogens (tertiary/aromatic N) is 6.